The summed E-state index contributed by atoms with van der Waals surface area (Å²) >= 11 is 0. The van der Waals surface area contributed by atoms with Crippen LogP contribution in [0.4, 0.5) is 5.69 Å². The minimum Gasteiger partial charge on any atom is -0.481 e. The highest BCUT2D eigenvalue weighted by Gasteiger charge is 2.10. The second kappa shape index (κ2) is 6.02. The summed E-state index contributed by atoms with van der Waals surface area (Å²) in [6, 6.07) is 5.93. The first-order chi connectivity index (χ1) is 7.99. The van der Waals surface area contributed by atoms with Crippen molar-refractivity contribution in [3.63, 3.8) is 0 Å². The molecule has 0 aliphatic heterocycles. The fourth-order valence-corrected chi connectivity index (χ4v) is 1.18. The number of hydrogen-bond donors (Lipinski definition) is 4. The highest BCUT2D eigenvalue weighted by Crippen LogP contribution is 2.05. The Morgan fingerprint density at radius 2 is 1.71 bits per heavy atom. The van der Waals surface area contributed by atoms with E-state index in [1.54, 1.807) is 0 Å². The van der Waals surface area contributed by atoms with E-state index < -0.39 is 19.0 Å². The summed E-state index contributed by atoms with van der Waals surface area (Å²) in [5, 5.41) is 28.6. The number of amides is 1. The van der Waals surface area contributed by atoms with E-state index in [2.05, 4.69) is 5.32 Å². The van der Waals surface area contributed by atoms with Gasteiger partial charge in [0.25, 0.3) is 0 Å². The smallest absolute Gasteiger partial charge is 0.481 e. The molecule has 0 aliphatic rings. The molecule has 7 heteroatoms. The Morgan fingerprint density at radius 1 is 1.12 bits per heavy atom. The van der Waals surface area contributed by atoms with Gasteiger partial charge in [-0.2, -0.15) is 0 Å². The van der Waals surface area contributed by atoms with Gasteiger partial charge in [0, 0.05) is 12.1 Å². The van der Waals surface area contributed by atoms with Crippen LogP contribution in [0.3, 0.4) is 0 Å². The molecule has 0 spiro atoms. The standard InChI is InChI=1S/C10H12BNO5/c13-9(5-6-10(14)15)12-8-3-1-7(2-4-8)11(16)17/h1-4,16-17H,5-6H2,(H,12,13)(H,14,15). The average molecular weight is 237 g/mol. The van der Waals surface area contributed by atoms with Crippen LogP contribution in [0.15, 0.2) is 24.3 Å². The summed E-state index contributed by atoms with van der Waals surface area (Å²) < 4.78 is 0. The van der Waals surface area contributed by atoms with Gasteiger partial charge >= 0.3 is 13.1 Å². The van der Waals surface area contributed by atoms with Crippen molar-refractivity contribution in [3.05, 3.63) is 24.3 Å². The predicted molar refractivity (Wildman–Crippen MR) is 61.8 cm³/mol. The van der Waals surface area contributed by atoms with Crippen molar-refractivity contribution in [3.8, 4) is 0 Å². The van der Waals surface area contributed by atoms with Gasteiger partial charge in [-0.05, 0) is 17.6 Å². The fourth-order valence-electron chi connectivity index (χ4n) is 1.18. The van der Waals surface area contributed by atoms with Crippen molar-refractivity contribution >= 4 is 30.1 Å². The Kier molecular flexibility index (Phi) is 4.68. The lowest BCUT2D eigenvalue weighted by Crippen LogP contribution is -2.29. The maximum absolute atomic E-state index is 11.3. The van der Waals surface area contributed by atoms with Crippen molar-refractivity contribution in [1.82, 2.24) is 0 Å². The number of carbonyl (C=O) groups excluding carboxylic acids is 1. The van der Waals surface area contributed by atoms with Crippen LogP contribution in [-0.4, -0.2) is 34.1 Å². The van der Waals surface area contributed by atoms with E-state index in [-0.39, 0.29) is 12.8 Å². The van der Waals surface area contributed by atoms with Gasteiger partial charge in [-0.15, -0.1) is 0 Å². The lowest BCUT2D eigenvalue weighted by atomic mass is 9.80. The van der Waals surface area contributed by atoms with E-state index in [9.17, 15) is 9.59 Å². The molecule has 0 bridgehead atoms. The Bertz CT molecular complexity index is 404. The quantitative estimate of drug-likeness (QED) is 0.500. The monoisotopic (exact) mass is 237 g/mol. The maximum Gasteiger partial charge on any atom is 0.488 e. The minimum absolute atomic E-state index is 0.0975. The Hall–Kier alpha value is -1.86. The third-order valence-electron chi connectivity index (χ3n) is 2.06. The largest absolute Gasteiger partial charge is 0.488 e. The van der Waals surface area contributed by atoms with Crippen LogP contribution in [-0.2, 0) is 9.59 Å². The summed E-state index contributed by atoms with van der Waals surface area (Å²) in [4.78, 5) is 21.5. The van der Waals surface area contributed by atoms with E-state index in [1.165, 1.54) is 24.3 Å². The number of nitrogens with one attached hydrogen (secondary N) is 1. The maximum atomic E-state index is 11.3. The van der Waals surface area contributed by atoms with E-state index in [4.69, 9.17) is 15.2 Å². The van der Waals surface area contributed by atoms with Crippen molar-refractivity contribution in [2.45, 2.75) is 12.8 Å². The summed E-state index contributed by atoms with van der Waals surface area (Å²) in [5.74, 6) is -1.43. The minimum atomic E-state index is -1.55. The van der Waals surface area contributed by atoms with Gasteiger partial charge in [0.15, 0.2) is 0 Å². The third-order valence-corrected chi connectivity index (χ3v) is 2.06. The molecule has 1 amide bonds. The molecule has 0 aliphatic carbocycles. The first-order valence-corrected chi connectivity index (χ1v) is 4.97. The highest BCUT2D eigenvalue weighted by molar-refractivity contribution is 6.58. The van der Waals surface area contributed by atoms with Gasteiger partial charge in [0.05, 0.1) is 6.42 Å². The molecule has 4 N–H and O–H groups in total. The SMILES string of the molecule is O=C(O)CCC(=O)Nc1ccc(B(O)O)cc1. The summed E-state index contributed by atoms with van der Waals surface area (Å²) in [5.41, 5.74) is 0.790. The van der Waals surface area contributed by atoms with E-state index in [0.717, 1.165) is 0 Å². The number of anilines is 1. The van der Waals surface area contributed by atoms with Crippen molar-refractivity contribution in [2.75, 3.05) is 5.32 Å². The van der Waals surface area contributed by atoms with Gasteiger partial charge in [0.1, 0.15) is 0 Å². The van der Waals surface area contributed by atoms with Gasteiger partial charge < -0.3 is 20.5 Å². The molecule has 0 aromatic heterocycles. The summed E-state index contributed by atoms with van der Waals surface area (Å²) in [7, 11) is -1.55. The molecule has 0 heterocycles. The van der Waals surface area contributed by atoms with Crippen LogP contribution in [0.25, 0.3) is 0 Å². The Morgan fingerprint density at radius 3 is 2.18 bits per heavy atom. The van der Waals surface area contributed by atoms with Gasteiger partial charge in [-0.1, -0.05) is 12.1 Å². The number of carbonyl (C=O) groups is 2. The van der Waals surface area contributed by atoms with Crippen molar-refractivity contribution < 1.29 is 24.7 Å². The lowest BCUT2D eigenvalue weighted by Gasteiger charge is -2.05. The first kappa shape index (κ1) is 13.2. The van der Waals surface area contributed by atoms with Crippen LogP contribution in [0.5, 0.6) is 0 Å². The number of aliphatic carboxylic acids is 1. The highest BCUT2D eigenvalue weighted by atomic mass is 16.4. The molecule has 0 saturated heterocycles. The van der Waals surface area contributed by atoms with Crippen molar-refractivity contribution in [2.24, 2.45) is 0 Å². The number of carboxylic acid groups (broad SMARTS) is 1. The topological polar surface area (TPSA) is 107 Å². The zero-order valence-corrected chi connectivity index (χ0v) is 8.96. The molecule has 1 aromatic rings. The number of carboxylic acids is 1. The molecule has 1 rings (SSSR count). The normalized spacial score (nSPS) is 9.76. The van der Waals surface area contributed by atoms with E-state index in [1.807, 2.05) is 0 Å². The molecule has 1 aromatic carbocycles. The molecular formula is C10H12BNO5. The van der Waals surface area contributed by atoms with E-state index >= 15 is 0 Å². The van der Waals surface area contributed by atoms with Gasteiger partial charge in [0.2, 0.25) is 5.91 Å². The third kappa shape index (κ3) is 4.67. The average Bonchev–Trinajstić information content (AvgIpc) is 2.27. The fraction of sp³-hybridized carbons (Fsp3) is 0.200. The van der Waals surface area contributed by atoms with Crippen LogP contribution >= 0.6 is 0 Å². The van der Waals surface area contributed by atoms with Crippen LogP contribution in [0.2, 0.25) is 0 Å². The van der Waals surface area contributed by atoms with Crippen molar-refractivity contribution in [1.29, 1.82) is 0 Å². The molecule has 0 radical (unpaired) electrons. The first-order valence-electron chi connectivity index (χ1n) is 4.97. The second-order valence-corrected chi connectivity index (χ2v) is 3.44. The molecule has 0 fully saturated rings. The van der Waals surface area contributed by atoms with Crippen LogP contribution in [0.1, 0.15) is 12.8 Å². The zero-order chi connectivity index (χ0) is 12.8. The molecule has 17 heavy (non-hydrogen) atoms. The summed E-state index contributed by atoms with van der Waals surface area (Å²) in [6.45, 7) is 0. The van der Waals surface area contributed by atoms with Crippen LogP contribution < -0.4 is 10.8 Å². The number of rotatable bonds is 5. The number of hydrogen-bond acceptors (Lipinski definition) is 4. The van der Waals surface area contributed by atoms with E-state index in [0.29, 0.717) is 11.2 Å². The van der Waals surface area contributed by atoms with Gasteiger partial charge in [-0.25, -0.2) is 0 Å². The molecule has 90 valence electrons. The zero-order valence-electron chi connectivity index (χ0n) is 8.96. The Balaban J connectivity index is 2.51. The summed E-state index contributed by atoms with van der Waals surface area (Å²) in [6.07, 6.45) is -0.320. The van der Waals surface area contributed by atoms with Crippen LogP contribution in [0, 0.1) is 0 Å². The molecule has 0 saturated carbocycles. The predicted octanol–water partition coefficient (Wildman–Crippen LogP) is -0.830. The molecule has 0 atom stereocenters. The molecule has 0 unspecified atom stereocenters. The number of benzene rings is 1. The second-order valence-electron chi connectivity index (χ2n) is 3.44. The lowest BCUT2D eigenvalue weighted by molar-refractivity contribution is -0.138. The molecule has 6 nitrogen and oxygen atoms in total. The Labute approximate surface area is 98.0 Å². The molecular weight excluding hydrogens is 225 g/mol. The van der Waals surface area contributed by atoms with Gasteiger partial charge in [-0.3, -0.25) is 9.59 Å².